The van der Waals surface area contributed by atoms with Crippen LogP contribution in [0.4, 0.5) is 0 Å². The number of alkyl halides is 1. The van der Waals surface area contributed by atoms with Crippen molar-refractivity contribution >= 4 is 15.9 Å². The summed E-state index contributed by atoms with van der Waals surface area (Å²) in [7, 11) is 1.72. The maximum Gasteiger partial charge on any atom is 0.122 e. The molecule has 13 heavy (non-hydrogen) atoms. The monoisotopic (exact) mass is 242 g/mol. The fourth-order valence-electron chi connectivity index (χ4n) is 1.54. The van der Waals surface area contributed by atoms with Crippen LogP contribution in [0.5, 0.6) is 5.75 Å². The zero-order valence-electron chi connectivity index (χ0n) is 8.30. The van der Waals surface area contributed by atoms with E-state index in [0.29, 0.717) is 5.92 Å². The zero-order valence-corrected chi connectivity index (χ0v) is 9.89. The largest absolute Gasteiger partial charge is 0.496 e. The third-order valence-electron chi connectivity index (χ3n) is 2.23. The Kier molecular flexibility index (Phi) is 3.79. The second kappa shape index (κ2) is 4.66. The van der Waals surface area contributed by atoms with Gasteiger partial charge in [0.15, 0.2) is 0 Å². The fraction of sp³-hybridized carbons (Fsp3) is 0.455. The van der Waals surface area contributed by atoms with Gasteiger partial charge in [0.25, 0.3) is 0 Å². The van der Waals surface area contributed by atoms with Gasteiger partial charge >= 0.3 is 0 Å². The molecule has 0 radical (unpaired) electrons. The molecule has 2 heteroatoms. The number of aryl methyl sites for hydroxylation is 1. The lowest BCUT2D eigenvalue weighted by Gasteiger charge is -2.15. The van der Waals surface area contributed by atoms with E-state index in [1.54, 1.807) is 7.11 Å². The molecular formula is C11H15BrO. The fourth-order valence-corrected chi connectivity index (χ4v) is 1.86. The first-order valence-electron chi connectivity index (χ1n) is 4.40. The molecule has 0 N–H and O–H groups in total. The van der Waals surface area contributed by atoms with Gasteiger partial charge in [0.2, 0.25) is 0 Å². The van der Waals surface area contributed by atoms with Crippen LogP contribution in [0.2, 0.25) is 0 Å². The average Bonchev–Trinajstić information content (AvgIpc) is 2.16. The number of benzene rings is 1. The summed E-state index contributed by atoms with van der Waals surface area (Å²) in [6, 6.07) is 6.16. The Hall–Kier alpha value is -0.500. The van der Waals surface area contributed by atoms with Crippen molar-refractivity contribution in [1.82, 2.24) is 0 Å². The van der Waals surface area contributed by atoms with Gasteiger partial charge in [-0.25, -0.2) is 0 Å². The van der Waals surface area contributed by atoms with Crippen molar-refractivity contribution in [3.63, 3.8) is 0 Å². The Bertz CT molecular complexity index is 283. The summed E-state index contributed by atoms with van der Waals surface area (Å²) in [4.78, 5) is 0. The molecule has 0 aromatic heterocycles. The minimum atomic E-state index is 0.496. The van der Waals surface area contributed by atoms with Gasteiger partial charge in [-0.15, -0.1) is 0 Å². The van der Waals surface area contributed by atoms with Gasteiger partial charge in [-0.1, -0.05) is 35.0 Å². The highest BCUT2D eigenvalue weighted by Crippen LogP contribution is 2.30. The molecule has 1 rings (SSSR count). The summed E-state index contributed by atoms with van der Waals surface area (Å²) >= 11 is 3.49. The smallest absolute Gasteiger partial charge is 0.122 e. The highest BCUT2D eigenvalue weighted by Gasteiger charge is 2.12. The molecule has 0 fully saturated rings. The van der Waals surface area contributed by atoms with E-state index in [-0.39, 0.29) is 0 Å². The van der Waals surface area contributed by atoms with E-state index in [2.05, 4.69) is 35.8 Å². The van der Waals surface area contributed by atoms with Crippen molar-refractivity contribution < 1.29 is 4.74 Å². The molecule has 0 heterocycles. The molecule has 0 aliphatic heterocycles. The summed E-state index contributed by atoms with van der Waals surface area (Å²) in [6.07, 6.45) is 0. The van der Waals surface area contributed by atoms with E-state index in [4.69, 9.17) is 4.74 Å². The van der Waals surface area contributed by atoms with E-state index < -0.39 is 0 Å². The molecule has 0 amide bonds. The van der Waals surface area contributed by atoms with Crippen molar-refractivity contribution in [3.8, 4) is 5.75 Å². The van der Waals surface area contributed by atoms with Gasteiger partial charge < -0.3 is 4.74 Å². The number of methoxy groups -OCH3 is 1. The minimum absolute atomic E-state index is 0.496. The quantitative estimate of drug-likeness (QED) is 0.738. The summed E-state index contributed by atoms with van der Waals surface area (Å²) in [6.45, 7) is 4.32. The summed E-state index contributed by atoms with van der Waals surface area (Å²) < 4.78 is 5.33. The van der Waals surface area contributed by atoms with Crippen LogP contribution in [-0.2, 0) is 0 Å². The van der Waals surface area contributed by atoms with Gasteiger partial charge in [-0.3, -0.25) is 0 Å². The standard InChI is InChI=1S/C11H15BrO/c1-8-5-4-6-10(13-3)11(8)9(2)7-12/h4-6,9H,7H2,1-3H3. The third-order valence-corrected chi connectivity index (χ3v) is 3.20. The Morgan fingerprint density at radius 3 is 2.69 bits per heavy atom. The van der Waals surface area contributed by atoms with E-state index in [9.17, 15) is 0 Å². The number of hydrogen-bond donors (Lipinski definition) is 0. The lowest BCUT2D eigenvalue weighted by Crippen LogP contribution is -2.01. The highest BCUT2D eigenvalue weighted by atomic mass is 79.9. The molecular weight excluding hydrogens is 228 g/mol. The summed E-state index contributed by atoms with van der Waals surface area (Å²) in [5.74, 6) is 1.49. The molecule has 72 valence electrons. The maximum atomic E-state index is 5.33. The molecule has 1 aromatic rings. The van der Waals surface area contributed by atoms with Crippen LogP contribution in [0.25, 0.3) is 0 Å². The maximum absolute atomic E-state index is 5.33. The van der Waals surface area contributed by atoms with Crippen LogP contribution in [0.3, 0.4) is 0 Å². The predicted octanol–water partition coefficient (Wildman–Crippen LogP) is 3.50. The van der Waals surface area contributed by atoms with Gasteiger partial charge in [0.05, 0.1) is 7.11 Å². The third kappa shape index (κ3) is 2.25. The molecule has 1 nitrogen and oxygen atoms in total. The molecule has 0 bridgehead atoms. The zero-order chi connectivity index (χ0) is 9.84. The van der Waals surface area contributed by atoms with E-state index in [1.165, 1.54) is 11.1 Å². The van der Waals surface area contributed by atoms with Gasteiger partial charge in [-0.05, 0) is 24.5 Å². The first kappa shape index (κ1) is 10.6. The van der Waals surface area contributed by atoms with Crippen LogP contribution in [-0.4, -0.2) is 12.4 Å². The summed E-state index contributed by atoms with van der Waals surface area (Å²) in [5.41, 5.74) is 2.60. The molecule has 1 atom stereocenters. The lowest BCUT2D eigenvalue weighted by molar-refractivity contribution is 0.407. The molecule has 0 aliphatic carbocycles. The van der Waals surface area contributed by atoms with Crippen LogP contribution < -0.4 is 4.74 Å². The first-order valence-corrected chi connectivity index (χ1v) is 5.52. The van der Waals surface area contributed by atoms with Crippen molar-refractivity contribution in [2.45, 2.75) is 19.8 Å². The van der Waals surface area contributed by atoms with Gasteiger partial charge in [0, 0.05) is 10.9 Å². The minimum Gasteiger partial charge on any atom is -0.496 e. The number of rotatable bonds is 3. The Morgan fingerprint density at radius 1 is 1.46 bits per heavy atom. The molecule has 1 aromatic carbocycles. The Balaban J connectivity index is 3.14. The topological polar surface area (TPSA) is 9.23 Å². The summed E-state index contributed by atoms with van der Waals surface area (Å²) in [5, 5.41) is 0.966. The average molecular weight is 243 g/mol. The SMILES string of the molecule is COc1cccc(C)c1C(C)CBr. The van der Waals surface area contributed by atoms with E-state index in [0.717, 1.165) is 11.1 Å². The normalized spacial score (nSPS) is 12.6. The predicted molar refractivity (Wildman–Crippen MR) is 59.9 cm³/mol. The second-order valence-electron chi connectivity index (χ2n) is 3.25. The first-order chi connectivity index (χ1) is 6.20. The van der Waals surface area contributed by atoms with Crippen LogP contribution in [0.15, 0.2) is 18.2 Å². The van der Waals surface area contributed by atoms with Crippen LogP contribution >= 0.6 is 15.9 Å². The van der Waals surface area contributed by atoms with E-state index in [1.807, 2.05) is 12.1 Å². The number of ether oxygens (including phenoxy) is 1. The van der Waals surface area contributed by atoms with Gasteiger partial charge in [0.1, 0.15) is 5.75 Å². The number of hydrogen-bond acceptors (Lipinski definition) is 1. The molecule has 1 unspecified atom stereocenters. The Morgan fingerprint density at radius 2 is 2.15 bits per heavy atom. The van der Waals surface area contributed by atoms with Crippen molar-refractivity contribution in [3.05, 3.63) is 29.3 Å². The number of halogens is 1. The van der Waals surface area contributed by atoms with Crippen LogP contribution in [0.1, 0.15) is 24.0 Å². The van der Waals surface area contributed by atoms with Gasteiger partial charge in [-0.2, -0.15) is 0 Å². The van der Waals surface area contributed by atoms with E-state index >= 15 is 0 Å². The van der Waals surface area contributed by atoms with Crippen molar-refractivity contribution in [1.29, 1.82) is 0 Å². The highest BCUT2D eigenvalue weighted by molar-refractivity contribution is 9.09. The second-order valence-corrected chi connectivity index (χ2v) is 3.89. The Labute approximate surface area is 88.2 Å². The van der Waals surface area contributed by atoms with Crippen molar-refractivity contribution in [2.24, 2.45) is 0 Å². The molecule has 0 aliphatic rings. The molecule has 0 saturated carbocycles. The molecule has 0 spiro atoms. The van der Waals surface area contributed by atoms with Crippen LogP contribution in [0, 0.1) is 6.92 Å². The lowest BCUT2D eigenvalue weighted by atomic mass is 9.97. The van der Waals surface area contributed by atoms with Crippen molar-refractivity contribution in [2.75, 3.05) is 12.4 Å². The molecule has 0 saturated heterocycles.